The van der Waals surface area contributed by atoms with Crippen LogP contribution in [-0.2, 0) is 13.2 Å². The van der Waals surface area contributed by atoms with Crippen molar-refractivity contribution in [1.29, 1.82) is 0 Å². The lowest BCUT2D eigenvalue weighted by Gasteiger charge is -2.19. The molecule has 0 atom stereocenters. The van der Waals surface area contributed by atoms with Crippen LogP contribution in [0.1, 0.15) is 11.3 Å². The molecular formula is C14H16N2O. The first-order chi connectivity index (χ1) is 8.29. The van der Waals surface area contributed by atoms with Crippen molar-refractivity contribution in [3.05, 3.63) is 59.9 Å². The Labute approximate surface area is 101 Å². The summed E-state index contributed by atoms with van der Waals surface area (Å²) in [6, 6.07) is 14.1. The Bertz CT molecular complexity index is 471. The number of anilines is 1. The number of benzene rings is 1. The van der Waals surface area contributed by atoms with E-state index in [1.807, 2.05) is 37.4 Å². The topological polar surface area (TPSA) is 36.4 Å². The second-order valence-electron chi connectivity index (χ2n) is 4.01. The van der Waals surface area contributed by atoms with Crippen LogP contribution in [0.25, 0.3) is 0 Å². The van der Waals surface area contributed by atoms with Crippen molar-refractivity contribution in [1.82, 2.24) is 4.98 Å². The van der Waals surface area contributed by atoms with Gasteiger partial charge in [0.05, 0.1) is 12.3 Å². The molecule has 0 spiro atoms. The second-order valence-corrected chi connectivity index (χ2v) is 4.01. The molecule has 1 aromatic carbocycles. The van der Waals surface area contributed by atoms with Gasteiger partial charge in [-0.1, -0.05) is 30.3 Å². The molecule has 88 valence electrons. The van der Waals surface area contributed by atoms with Gasteiger partial charge >= 0.3 is 0 Å². The first-order valence-corrected chi connectivity index (χ1v) is 5.60. The first kappa shape index (κ1) is 11.6. The molecule has 0 bridgehead atoms. The maximum absolute atomic E-state index is 9.05. The van der Waals surface area contributed by atoms with Crippen LogP contribution in [0.15, 0.2) is 48.7 Å². The molecule has 0 aliphatic carbocycles. The molecule has 0 radical (unpaired) electrons. The van der Waals surface area contributed by atoms with Gasteiger partial charge in [-0.15, -0.1) is 0 Å². The van der Waals surface area contributed by atoms with Gasteiger partial charge in [0.25, 0.3) is 0 Å². The number of nitrogens with zero attached hydrogens (tertiary/aromatic N) is 2. The van der Waals surface area contributed by atoms with Crippen LogP contribution in [0.3, 0.4) is 0 Å². The van der Waals surface area contributed by atoms with Crippen LogP contribution in [0.2, 0.25) is 0 Å². The molecule has 0 aliphatic rings. The average molecular weight is 228 g/mol. The van der Waals surface area contributed by atoms with Gasteiger partial charge < -0.3 is 10.0 Å². The van der Waals surface area contributed by atoms with E-state index < -0.39 is 0 Å². The van der Waals surface area contributed by atoms with Gasteiger partial charge in [0.1, 0.15) is 0 Å². The van der Waals surface area contributed by atoms with Gasteiger partial charge in [-0.05, 0) is 17.7 Å². The molecule has 0 unspecified atom stereocenters. The van der Waals surface area contributed by atoms with E-state index in [4.69, 9.17) is 5.11 Å². The van der Waals surface area contributed by atoms with E-state index in [-0.39, 0.29) is 6.61 Å². The van der Waals surface area contributed by atoms with Crippen LogP contribution < -0.4 is 4.90 Å². The maximum Gasteiger partial charge on any atom is 0.0853 e. The third-order valence-electron chi connectivity index (χ3n) is 2.67. The number of aliphatic hydroxyl groups excluding tert-OH is 1. The number of hydrogen-bond donors (Lipinski definition) is 1. The lowest BCUT2D eigenvalue weighted by Crippen LogP contribution is -2.16. The second kappa shape index (κ2) is 5.46. The Kier molecular flexibility index (Phi) is 3.73. The highest BCUT2D eigenvalue weighted by Crippen LogP contribution is 2.15. The minimum atomic E-state index is -0.0208. The standard InChI is InChI=1S/C14H16N2O/c1-16(10-12-5-3-2-4-6-12)14-7-8-15-13(9-14)11-17/h2-9,17H,10-11H2,1H3. The van der Waals surface area contributed by atoms with Crippen molar-refractivity contribution in [3.63, 3.8) is 0 Å². The highest BCUT2D eigenvalue weighted by molar-refractivity contribution is 5.46. The van der Waals surface area contributed by atoms with E-state index in [1.54, 1.807) is 6.20 Å². The van der Waals surface area contributed by atoms with Gasteiger partial charge in [-0.3, -0.25) is 4.98 Å². The molecule has 0 saturated heterocycles. The predicted octanol–water partition coefficient (Wildman–Crippen LogP) is 2.21. The van der Waals surface area contributed by atoms with E-state index in [0.29, 0.717) is 5.69 Å². The molecule has 3 heteroatoms. The molecule has 1 N–H and O–H groups in total. The minimum absolute atomic E-state index is 0.0208. The third kappa shape index (κ3) is 3.04. The summed E-state index contributed by atoms with van der Waals surface area (Å²) in [6.07, 6.45) is 1.72. The fraction of sp³-hybridized carbons (Fsp3) is 0.214. The van der Waals surface area contributed by atoms with Crippen molar-refractivity contribution < 1.29 is 5.11 Å². The highest BCUT2D eigenvalue weighted by atomic mass is 16.3. The summed E-state index contributed by atoms with van der Waals surface area (Å²) in [5.74, 6) is 0. The summed E-state index contributed by atoms with van der Waals surface area (Å²) in [4.78, 5) is 6.21. The summed E-state index contributed by atoms with van der Waals surface area (Å²) in [7, 11) is 2.03. The molecule has 0 fully saturated rings. The van der Waals surface area contributed by atoms with Gasteiger partial charge in [0.15, 0.2) is 0 Å². The first-order valence-electron chi connectivity index (χ1n) is 5.60. The molecule has 17 heavy (non-hydrogen) atoms. The predicted molar refractivity (Wildman–Crippen MR) is 68.7 cm³/mol. The molecule has 1 heterocycles. The Morgan fingerprint density at radius 2 is 1.94 bits per heavy atom. The van der Waals surface area contributed by atoms with E-state index in [9.17, 15) is 0 Å². The maximum atomic E-state index is 9.05. The van der Waals surface area contributed by atoms with Gasteiger partial charge in [0, 0.05) is 25.5 Å². The van der Waals surface area contributed by atoms with E-state index in [0.717, 1.165) is 12.2 Å². The van der Waals surface area contributed by atoms with Crippen molar-refractivity contribution in [2.24, 2.45) is 0 Å². The van der Waals surface area contributed by atoms with Crippen LogP contribution in [0.5, 0.6) is 0 Å². The van der Waals surface area contributed by atoms with E-state index in [1.165, 1.54) is 5.56 Å². The smallest absolute Gasteiger partial charge is 0.0853 e. The summed E-state index contributed by atoms with van der Waals surface area (Å²) in [6.45, 7) is 0.822. The van der Waals surface area contributed by atoms with E-state index >= 15 is 0 Å². The molecule has 0 aliphatic heterocycles. The van der Waals surface area contributed by atoms with Gasteiger partial charge in [-0.25, -0.2) is 0 Å². The number of rotatable bonds is 4. The zero-order chi connectivity index (χ0) is 12.1. The monoisotopic (exact) mass is 228 g/mol. The average Bonchev–Trinajstić information content (AvgIpc) is 2.40. The summed E-state index contributed by atoms with van der Waals surface area (Å²) < 4.78 is 0. The Hall–Kier alpha value is -1.87. The summed E-state index contributed by atoms with van der Waals surface area (Å²) >= 11 is 0. The van der Waals surface area contributed by atoms with Crippen molar-refractivity contribution >= 4 is 5.69 Å². The van der Waals surface area contributed by atoms with Crippen molar-refractivity contribution in [2.75, 3.05) is 11.9 Å². The quantitative estimate of drug-likeness (QED) is 0.871. The molecular weight excluding hydrogens is 212 g/mol. The van der Waals surface area contributed by atoms with Gasteiger partial charge in [-0.2, -0.15) is 0 Å². The minimum Gasteiger partial charge on any atom is -0.390 e. The van der Waals surface area contributed by atoms with Crippen molar-refractivity contribution in [3.8, 4) is 0 Å². The summed E-state index contributed by atoms with van der Waals surface area (Å²) in [5, 5.41) is 9.05. The third-order valence-corrected chi connectivity index (χ3v) is 2.67. The molecule has 2 aromatic rings. The van der Waals surface area contributed by atoms with Crippen LogP contribution in [0.4, 0.5) is 5.69 Å². The SMILES string of the molecule is CN(Cc1ccccc1)c1ccnc(CO)c1. The Balaban J connectivity index is 2.11. The van der Waals surface area contributed by atoms with E-state index in [2.05, 4.69) is 22.0 Å². The Morgan fingerprint density at radius 3 is 2.65 bits per heavy atom. The highest BCUT2D eigenvalue weighted by Gasteiger charge is 2.03. The molecule has 3 nitrogen and oxygen atoms in total. The number of hydrogen-bond acceptors (Lipinski definition) is 3. The lowest BCUT2D eigenvalue weighted by molar-refractivity contribution is 0.277. The number of aliphatic hydroxyl groups is 1. The van der Waals surface area contributed by atoms with Crippen LogP contribution >= 0.6 is 0 Å². The summed E-state index contributed by atoms with van der Waals surface area (Å²) in [5.41, 5.74) is 3.02. The molecule has 0 amide bonds. The van der Waals surface area contributed by atoms with Gasteiger partial charge in [0.2, 0.25) is 0 Å². The fourth-order valence-electron chi connectivity index (χ4n) is 1.74. The molecule has 1 aromatic heterocycles. The zero-order valence-corrected chi connectivity index (χ0v) is 9.87. The molecule has 2 rings (SSSR count). The zero-order valence-electron chi connectivity index (χ0n) is 9.87. The largest absolute Gasteiger partial charge is 0.390 e. The normalized spacial score (nSPS) is 10.2. The van der Waals surface area contributed by atoms with Crippen molar-refractivity contribution in [2.45, 2.75) is 13.2 Å². The Morgan fingerprint density at radius 1 is 1.18 bits per heavy atom. The molecule has 0 saturated carbocycles. The van der Waals surface area contributed by atoms with Crippen LogP contribution in [0, 0.1) is 0 Å². The van der Waals surface area contributed by atoms with Crippen LogP contribution in [-0.4, -0.2) is 17.1 Å². The fourth-order valence-corrected chi connectivity index (χ4v) is 1.74. The number of pyridine rings is 1. The number of aromatic nitrogens is 1. The lowest BCUT2D eigenvalue weighted by atomic mass is 10.2.